The van der Waals surface area contributed by atoms with Gasteiger partial charge in [-0.25, -0.2) is 8.78 Å². The second-order valence-electron chi connectivity index (χ2n) is 3.03. The van der Waals surface area contributed by atoms with Crippen LogP contribution in [0.1, 0.15) is 13.3 Å². The lowest BCUT2D eigenvalue weighted by Crippen LogP contribution is -2.33. The molecule has 0 fully saturated rings. The van der Waals surface area contributed by atoms with Crippen molar-refractivity contribution in [2.45, 2.75) is 25.7 Å². The summed E-state index contributed by atoms with van der Waals surface area (Å²) in [6, 6.07) is 0. The van der Waals surface area contributed by atoms with E-state index in [0.717, 1.165) is 6.42 Å². The Morgan fingerprint density at radius 3 is 2.29 bits per heavy atom. The zero-order valence-electron chi connectivity index (χ0n) is 7.85. The number of hydrogen-bond acceptors (Lipinski definition) is 2. The maximum Gasteiger partial charge on any atom is 0.330 e. The van der Waals surface area contributed by atoms with E-state index in [1.807, 2.05) is 6.92 Å². The predicted octanol–water partition coefficient (Wildman–Crippen LogP) is 2.86. The fraction of sp³-hybridized carbons (Fsp3) is 1.00. The van der Waals surface area contributed by atoms with Crippen molar-refractivity contribution in [1.29, 1.82) is 0 Å². The van der Waals surface area contributed by atoms with Crippen LogP contribution < -0.4 is 0 Å². The Bertz CT molecular complexity index is 150. The highest BCUT2D eigenvalue weighted by atomic mass is 32.1. The van der Waals surface area contributed by atoms with E-state index in [1.54, 1.807) is 0 Å². The van der Waals surface area contributed by atoms with Gasteiger partial charge in [0.15, 0.2) is 0 Å². The average molecular weight is 234 g/mol. The Balaban J connectivity index is 3.72. The lowest BCUT2D eigenvalue weighted by atomic mass is 10.1. The van der Waals surface area contributed by atoms with Crippen LogP contribution in [0.5, 0.6) is 0 Å². The quantitative estimate of drug-likeness (QED) is 0.526. The predicted molar refractivity (Wildman–Crippen MR) is 49.4 cm³/mol. The molecule has 0 aromatic rings. The zero-order valence-corrected chi connectivity index (χ0v) is 8.74. The number of ether oxygens (including phenoxy) is 1. The van der Waals surface area contributed by atoms with Crippen LogP contribution >= 0.6 is 12.6 Å². The van der Waals surface area contributed by atoms with E-state index in [9.17, 15) is 17.6 Å². The van der Waals surface area contributed by atoms with Crippen LogP contribution in [0.4, 0.5) is 17.6 Å². The molecule has 0 heterocycles. The molecule has 0 radical (unpaired) electrons. The third-order valence-electron chi connectivity index (χ3n) is 1.80. The van der Waals surface area contributed by atoms with Crippen LogP contribution in [0.25, 0.3) is 0 Å². The highest BCUT2D eigenvalue weighted by Crippen LogP contribution is 2.23. The summed E-state index contributed by atoms with van der Waals surface area (Å²) in [5, 5.41) is 0. The Labute approximate surface area is 86.2 Å². The molecule has 0 aromatic carbocycles. The minimum atomic E-state index is -4.05. The van der Waals surface area contributed by atoms with E-state index in [4.69, 9.17) is 0 Å². The van der Waals surface area contributed by atoms with E-state index in [2.05, 4.69) is 17.4 Å². The van der Waals surface area contributed by atoms with E-state index in [-0.39, 0.29) is 12.5 Å². The molecule has 1 nitrogen and oxygen atoms in total. The molecule has 0 aromatic heterocycles. The van der Waals surface area contributed by atoms with Crippen molar-refractivity contribution in [2.24, 2.45) is 5.92 Å². The van der Waals surface area contributed by atoms with Crippen molar-refractivity contribution in [3.63, 3.8) is 0 Å². The second-order valence-corrected chi connectivity index (χ2v) is 3.40. The first kappa shape index (κ1) is 14.0. The molecule has 6 heteroatoms. The molecule has 0 amide bonds. The first-order valence-electron chi connectivity index (χ1n) is 4.28. The Morgan fingerprint density at radius 2 is 1.93 bits per heavy atom. The molecular weight excluding hydrogens is 220 g/mol. The SMILES string of the molecule is CCC(CS)COCC(F)(F)C(F)F. The van der Waals surface area contributed by atoms with E-state index >= 15 is 0 Å². The van der Waals surface area contributed by atoms with Crippen LogP contribution in [-0.2, 0) is 4.74 Å². The molecule has 1 atom stereocenters. The van der Waals surface area contributed by atoms with Crippen LogP contribution in [-0.4, -0.2) is 31.3 Å². The van der Waals surface area contributed by atoms with E-state index in [0.29, 0.717) is 5.75 Å². The van der Waals surface area contributed by atoms with Gasteiger partial charge in [-0.15, -0.1) is 0 Å². The zero-order chi connectivity index (χ0) is 11.2. The maximum absolute atomic E-state index is 12.3. The number of alkyl halides is 4. The Morgan fingerprint density at radius 1 is 1.36 bits per heavy atom. The van der Waals surface area contributed by atoms with Crippen molar-refractivity contribution in [2.75, 3.05) is 19.0 Å². The van der Waals surface area contributed by atoms with Crippen molar-refractivity contribution < 1.29 is 22.3 Å². The van der Waals surface area contributed by atoms with Gasteiger partial charge in [-0.2, -0.15) is 21.4 Å². The number of halogens is 4. The van der Waals surface area contributed by atoms with E-state index in [1.165, 1.54) is 0 Å². The van der Waals surface area contributed by atoms with Crippen molar-refractivity contribution in [1.82, 2.24) is 0 Å². The molecule has 0 saturated heterocycles. The summed E-state index contributed by atoms with van der Waals surface area (Å²) in [7, 11) is 0. The molecule has 1 unspecified atom stereocenters. The van der Waals surface area contributed by atoms with Gasteiger partial charge in [-0.1, -0.05) is 13.3 Å². The number of thiol groups is 1. The summed E-state index contributed by atoms with van der Waals surface area (Å²) >= 11 is 3.97. The first-order valence-corrected chi connectivity index (χ1v) is 4.91. The minimum Gasteiger partial charge on any atom is -0.375 e. The van der Waals surface area contributed by atoms with E-state index < -0.39 is 19.0 Å². The molecule has 0 aliphatic rings. The monoisotopic (exact) mass is 234 g/mol. The molecule has 0 rings (SSSR count). The standard InChI is InChI=1S/C8H14F4OS/c1-2-6(4-14)3-13-5-8(11,12)7(9)10/h6-7,14H,2-5H2,1H3. The van der Waals surface area contributed by atoms with Crippen LogP contribution in [0.15, 0.2) is 0 Å². The van der Waals surface area contributed by atoms with Gasteiger partial charge in [0.25, 0.3) is 0 Å². The Hall–Kier alpha value is 0.0300. The number of rotatable bonds is 7. The first-order chi connectivity index (χ1) is 6.44. The second kappa shape index (κ2) is 6.50. The van der Waals surface area contributed by atoms with Gasteiger partial charge in [0.1, 0.15) is 6.61 Å². The summed E-state index contributed by atoms with van der Waals surface area (Å²) < 4.78 is 52.5. The molecule has 0 N–H and O–H groups in total. The molecule has 0 bridgehead atoms. The fourth-order valence-electron chi connectivity index (χ4n) is 0.724. The topological polar surface area (TPSA) is 9.23 Å². The van der Waals surface area contributed by atoms with Gasteiger partial charge in [-0.3, -0.25) is 0 Å². The van der Waals surface area contributed by atoms with Crippen LogP contribution in [0.3, 0.4) is 0 Å². The van der Waals surface area contributed by atoms with Crippen molar-refractivity contribution >= 4 is 12.6 Å². The maximum atomic E-state index is 12.3. The number of hydrogen-bond donors (Lipinski definition) is 1. The highest BCUT2D eigenvalue weighted by Gasteiger charge is 2.40. The Kier molecular flexibility index (Phi) is 6.52. The van der Waals surface area contributed by atoms with Gasteiger partial charge >= 0.3 is 12.3 Å². The summed E-state index contributed by atoms with van der Waals surface area (Å²) in [4.78, 5) is 0. The van der Waals surface area contributed by atoms with Gasteiger partial charge in [0.2, 0.25) is 0 Å². The molecule has 0 saturated carbocycles. The third-order valence-corrected chi connectivity index (χ3v) is 2.32. The molecule has 86 valence electrons. The van der Waals surface area contributed by atoms with Gasteiger partial charge in [0.05, 0.1) is 6.61 Å². The van der Waals surface area contributed by atoms with Gasteiger partial charge in [0, 0.05) is 0 Å². The lowest BCUT2D eigenvalue weighted by Gasteiger charge is -2.17. The normalized spacial score (nSPS) is 14.8. The summed E-state index contributed by atoms with van der Waals surface area (Å²) in [5.41, 5.74) is 0. The molecule has 0 spiro atoms. The van der Waals surface area contributed by atoms with Crippen molar-refractivity contribution in [3.05, 3.63) is 0 Å². The third kappa shape index (κ3) is 5.05. The smallest absolute Gasteiger partial charge is 0.330 e. The largest absolute Gasteiger partial charge is 0.375 e. The molecule has 14 heavy (non-hydrogen) atoms. The minimum absolute atomic E-state index is 0.0341. The fourth-order valence-corrected chi connectivity index (χ4v) is 1.09. The van der Waals surface area contributed by atoms with Gasteiger partial charge < -0.3 is 4.74 Å². The lowest BCUT2D eigenvalue weighted by molar-refractivity contribution is -0.167. The van der Waals surface area contributed by atoms with Gasteiger partial charge in [-0.05, 0) is 11.7 Å². The summed E-state index contributed by atoms with van der Waals surface area (Å²) in [5.74, 6) is -3.52. The molecule has 0 aliphatic carbocycles. The molecule has 0 aliphatic heterocycles. The summed E-state index contributed by atoms with van der Waals surface area (Å²) in [6.07, 6.45) is -2.94. The summed E-state index contributed by atoms with van der Waals surface area (Å²) in [6.45, 7) is 0.673. The molecular formula is C8H14F4OS. The highest BCUT2D eigenvalue weighted by molar-refractivity contribution is 7.80. The van der Waals surface area contributed by atoms with Crippen molar-refractivity contribution in [3.8, 4) is 0 Å². The van der Waals surface area contributed by atoms with Crippen LogP contribution in [0, 0.1) is 5.92 Å². The average Bonchev–Trinajstić information content (AvgIpc) is 2.12. The van der Waals surface area contributed by atoms with Crippen LogP contribution in [0.2, 0.25) is 0 Å².